The summed E-state index contributed by atoms with van der Waals surface area (Å²) in [6.45, 7) is 19.0. The lowest BCUT2D eigenvalue weighted by molar-refractivity contribution is 0.0977. The molecule has 13 rings (SSSR count). The number of anilines is 6. The molecule has 71 heavy (non-hydrogen) atoms. The summed E-state index contributed by atoms with van der Waals surface area (Å²) >= 11 is 0. The van der Waals surface area contributed by atoms with Gasteiger partial charge in [-0.1, -0.05) is 174 Å². The highest BCUT2D eigenvalue weighted by Crippen LogP contribution is 2.67. The fourth-order valence-corrected chi connectivity index (χ4v) is 13.0. The van der Waals surface area contributed by atoms with Crippen molar-refractivity contribution in [2.45, 2.75) is 60.8 Å². The second-order valence-electron chi connectivity index (χ2n) is 21.9. The van der Waals surface area contributed by atoms with Gasteiger partial charge in [-0.3, -0.25) is 0 Å². The summed E-state index contributed by atoms with van der Waals surface area (Å²) in [5.74, 6) is 0. The van der Waals surface area contributed by atoms with Crippen molar-refractivity contribution in [1.29, 1.82) is 0 Å². The summed E-state index contributed by atoms with van der Waals surface area (Å²) in [7, 11) is 0. The van der Waals surface area contributed by atoms with Gasteiger partial charge in [0.2, 0.25) is 0 Å². The molecule has 0 amide bonds. The Kier molecular flexibility index (Phi) is 9.36. The molecule has 2 aromatic heterocycles. The standard InChI is InChI=1S/C67H56N2O2/c1-41-23-29-45(30-24-41)68(57-19-13-17-55-51-15-9-11-21-59(51)70-63(55)57)47-33-37-49-43(39-47)27-35-53-54-36-28-44-40-48(34-38-50(44)62(54)67(61(49)53,65(3,4)5)66(6,7)8)69(46-31-25-42(2)26-32-46)58-20-14-18-56-52-16-10-12-22-60(52)71-64(56)58/h9-40H,1-8H3. The third-order valence-corrected chi connectivity index (χ3v) is 15.6. The van der Waals surface area contributed by atoms with Gasteiger partial charge in [-0.15, -0.1) is 0 Å². The first-order chi connectivity index (χ1) is 34.3. The van der Waals surface area contributed by atoms with E-state index in [1.54, 1.807) is 0 Å². The molecule has 1 aliphatic rings. The molecule has 2 heterocycles. The quantitative estimate of drug-likeness (QED) is 0.166. The Hall–Kier alpha value is -8.08. The number of aryl methyl sites for hydroxylation is 2. The number of furan rings is 2. The molecule has 0 fully saturated rings. The first kappa shape index (κ1) is 43.0. The largest absolute Gasteiger partial charge is 0.454 e. The predicted octanol–water partition coefficient (Wildman–Crippen LogP) is 19.7. The average molecular weight is 921 g/mol. The number of rotatable bonds is 6. The Balaban J connectivity index is 1.01. The number of hydrogen-bond acceptors (Lipinski definition) is 4. The predicted molar refractivity (Wildman–Crippen MR) is 300 cm³/mol. The van der Waals surface area contributed by atoms with Crippen LogP contribution in [0, 0.1) is 24.7 Å². The molecular formula is C67H56N2O2. The van der Waals surface area contributed by atoms with E-state index in [2.05, 4.69) is 247 Å². The van der Waals surface area contributed by atoms with Gasteiger partial charge in [0, 0.05) is 49.7 Å². The van der Waals surface area contributed by atoms with Gasteiger partial charge in [0.15, 0.2) is 11.2 Å². The van der Waals surface area contributed by atoms with Crippen LogP contribution < -0.4 is 9.80 Å². The maximum atomic E-state index is 6.70. The molecule has 0 radical (unpaired) electrons. The van der Waals surface area contributed by atoms with E-state index in [9.17, 15) is 0 Å². The van der Waals surface area contributed by atoms with Gasteiger partial charge < -0.3 is 18.6 Å². The lowest BCUT2D eigenvalue weighted by atomic mass is 9.49. The molecule has 0 N–H and O–H groups in total. The zero-order valence-corrected chi connectivity index (χ0v) is 41.7. The van der Waals surface area contributed by atoms with E-state index in [0.717, 1.165) is 78.0 Å². The highest BCUT2D eigenvalue weighted by Gasteiger charge is 2.59. The Morgan fingerprint density at radius 2 is 0.732 bits per heavy atom. The van der Waals surface area contributed by atoms with Crippen LogP contribution in [0.1, 0.15) is 63.8 Å². The van der Waals surface area contributed by atoms with Crippen LogP contribution in [0.2, 0.25) is 0 Å². The maximum Gasteiger partial charge on any atom is 0.159 e. The highest BCUT2D eigenvalue weighted by atomic mass is 16.3. The van der Waals surface area contributed by atoms with Crippen LogP contribution in [0.25, 0.3) is 76.5 Å². The van der Waals surface area contributed by atoms with Gasteiger partial charge in [-0.25, -0.2) is 0 Å². The van der Waals surface area contributed by atoms with Gasteiger partial charge in [0.1, 0.15) is 11.2 Å². The Labute approximate surface area is 415 Å². The summed E-state index contributed by atoms with van der Waals surface area (Å²) in [6, 6.07) is 71.2. The second-order valence-corrected chi connectivity index (χ2v) is 21.9. The minimum atomic E-state index is -0.389. The van der Waals surface area contributed by atoms with Crippen molar-refractivity contribution in [3.05, 3.63) is 216 Å². The van der Waals surface area contributed by atoms with Crippen molar-refractivity contribution in [2.24, 2.45) is 10.8 Å². The summed E-state index contributed by atoms with van der Waals surface area (Å²) in [5.41, 5.74) is 17.0. The third kappa shape index (κ3) is 6.30. The molecule has 0 saturated carbocycles. The van der Waals surface area contributed by atoms with Crippen molar-refractivity contribution in [3.8, 4) is 11.1 Å². The molecule has 4 nitrogen and oxygen atoms in total. The first-order valence-electron chi connectivity index (χ1n) is 25.0. The number of hydrogen-bond donors (Lipinski definition) is 0. The third-order valence-electron chi connectivity index (χ3n) is 15.6. The van der Waals surface area contributed by atoms with Crippen molar-refractivity contribution in [1.82, 2.24) is 0 Å². The number of fused-ring (bicyclic) bond motifs is 13. The van der Waals surface area contributed by atoms with Gasteiger partial charge in [-0.05, 0) is 141 Å². The van der Waals surface area contributed by atoms with E-state index >= 15 is 0 Å². The van der Waals surface area contributed by atoms with Crippen molar-refractivity contribution < 1.29 is 8.83 Å². The molecular weight excluding hydrogens is 865 g/mol. The van der Waals surface area contributed by atoms with Crippen LogP contribution in [0.5, 0.6) is 0 Å². The van der Waals surface area contributed by atoms with Gasteiger partial charge >= 0.3 is 0 Å². The van der Waals surface area contributed by atoms with Crippen LogP contribution in [0.15, 0.2) is 203 Å². The van der Waals surface area contributed by atoms with E-state index in [0.29, 0.717) is 0 Å². The Morgan fingerprint density at radius 3 is 1.14 bits per heavy atom. The van der Waals surface area contributed by atoms with Crippen molar-refractivity contribution in [2.75, 3.05) is 9.80 Å². The van der Waals surface area contributed by atoms with Crippen molar-refractivity contribution in [3.63, 3.8) is 0 Å². The first-order valence-corrected chi connectivity index (χ1v) is 25.0. The van der Waals surface area contributed by atoms with E-state index in [-0.39, 0.29) is 16.2 Å². The molecule has 0 bridgehead atoms. The van der Waals surface area contributed by atoms with Crippen LogP contribution in [-0.2, 0) is 5.41 Å². The number of benzene rings is 10. The smallest absolute Gasteiger partial charge is 0.159 e. The zero-order valence-electron chi connectivity index (χ0n) is 41.7. The summed E-state index contributed by atoms with van der Waals surface area (Å²) in [4.78, 5) is 4.73. The molecule has 0 atom stereocenters. The molecule has 1 aliphatic carbocycles. The van der Waals surface area contributed by atoms with Crippen LogP contribution >= 0.6 is 0 Å². The monoisotopic (exact) mass is 920 g/mol. The van der Waals surface area contributed by atoms with E-state index in [4.69, 9.17) is 8.83 Å². The molecule has 12 aromatic rings. The van der Waals surface area contributed by atoms with Gasteiger partial charge in [0.25, 0.3) is 0 Å². The summed E-state index contributed by atoms with van der Waals surface area (Å²) in [6.07, 6.45) is 0. The van der Waals surface area contributed by atoms with E-state index in [1.165, 1.54) is 54.9 Å². The summed E-state index contributed by atoms with van der Waals surface area (Å²) in [5, 5.41) is 9.45. The lowest BCUT2D eigenvalue weighted by Crippen LogP contribution is -2.50. The normalized spacial score (nSPS) is 13.5. The minimum absolute atomic E-state index is 0.194. The lowest BCUT2D eigenvalue weighted by Gasteiger charge is -2.53. The Morgan fingerprint density at radius 1 is 0.352 bits per heavy atom. The second kappa shape index (κ2) is 15.5. The molecule has 0 spiro atoms. The number of nitrogens with zero attached hydrogens (tertiary/aromatic N) is 2. The van der Waals surface area contributed by atoms with Gasteiger partial charge in [-0.2, -0.15) is 0 Å². The van der Waals surface area contributed by atoms with E-state index < -0.39 is 0 Å². The fraction of sp³-hybridized carbons (Fsp3) is 0.164. The van der Waals surface area contributed by atoms with Gasteiger partial charge in [0.05, 0.1) is 11.4 Å². The Bertz CT molecular complexity index is 3830. The summed E-state index contributed by atoms with van der Waals surface area (Å²) < 4.78 is 13.4. The van der Waals surface area contributed by atoms with Crippen LogP contribution in [-0.4, -0.2) is 0 Å². The molecule has 10 aromatic carbocycles. The highest BCUT2D eigenvalue weighted by molar-refractivity contribution is 6.13. The average Bonchev–Trinajstić information content (AvgIpc) is 4.05. The minimum Gasteiger partial charge on any atom is -0.454 e. The SMILES string of the molecule is Cc1ccc(N(c2ccc3c4c(ccc3c2)-c2ccc3cc(N(c5ccc(C)cc5)c5cccc6c5oc5ccccc56)ccc3c2C4(C(C)(C)C)C(C)(C)C)c2cccc3c2oc2ccccc23)cc1. The topological polar surface area (TPSA) is 32.8 Å². The molecule has 346 valence electrons. The molecule has 0 aliphatic heterocycles. The molecule has 0 saturated heterocycles. The van der Waals surface area contributed by atoms with Crippen molar-refractivity contribution >= 4 is 99.5 Å². The van der Waals surface area contributed by atoms with Crippen LogP contribution in [0.4, 0.5) is 34.1 Å². The fourth-order valence-electron chi connectivity index (χ4n) is 13.0. The molecule has 0 unspecified atom stereocenters. The van der Waals surface area contributed by atoms with E-state index in [1.807, 2.05) is 12.1 Å². The number of para-hydroxylation sites is 4. The van der Waals surface area contributed by atoms with Crippen LogP contribution in [0.3, 0.4) is 0 Å². The zero-order chi connectivity index (χ0) is 48.6. The maximum absolute atomic E-state index is 6.70. The molecule has 4 heteroatoms.